The van der Waals surface area contributed by atoms with Crippen LogP contribution in [0.5, 0.6) is 0 Å². The SMILES string of the molecule is Cc1nc2ccccn2c1C(=O)O.Cc1nc2ccccn2c1C(N)=O. The van der Waals surface area contributed by atoms with E-state index in [0.29, 0.717) is 22.7 Å². The Bertz CT molecular complexity index is 1040. The van der Waals surface area contributed by atoms with E-state index in [4.69, 9.17) is 10.8 Å². The molecule has 132 valence electrons. The number of pyridine rings is 2. The summed E-state index contributed by atoms with van der Waals surface area (Å²) in [7, 11) is 0. The fourth-order valence-electron chi connectivity index (χ4n) is 2.78. The van der Waals surface area contributed by atoms with Crippen molar-refractivity contribution in [3.05, 3.63) is 71.6 Å². The molecule has 4 heterocycles. The molecular formula is C18H17N5O3. The second kappa shape index (κ2) is 6.67. The zero-order valence-corrected chi connectivity index (χ0v) is 14.2. The van der Waals surface area contributed by atoms with Crippen molar-refractivity contribution in [1.82, 2.24) is 18.8 Å². The lowest BCUT2D eigenvalue weighted by Gasteiger charge is -1.95. The lowest BCUT2D eigenvalue weighted by atomic mass is 10.3. The number of hydrogen-bond donors (Lipinski definition) is 2. The van der Waals surface area contributed by atoms with Crippen molar-refractivity contribution < 1.29 is 14.7 Å². The first-order chi connectivity index (χ1) is 12.4. The third-order valence-electron chi connectivity index (χ3n) is 3.84. The van der Waals surface area contributed by atoms with E-state index in [9.17, 15) is 9.59 Å². The number of carboxylic acids is 1. The maximum absolute atomic E-state index is 11.1. The summed E-state index contributed by atoms with van der Waals surface area (Å²) in [5.74, 6) is -1.40. The van der Waals surface area contributed by atoms with Crippen molar-refractivity contribution in [2.75, 3.05) is 0 Å². The number of nitrogens with two attached hydrogens (primary N) is 1. The lowest BCUT2D eigenvalue weighted by Crippen LogP contribution is -2.14. The topological polar surface area (TPSA) is 115 Å². The van der Waals surface area contributed by atoms with Gasteiger partial charge in [-0.25, -0.2) is 14.8 Å². The molecule has 0 unspecified atom stereocenters. The zero-order valence-electron chi connectivity index (χ0n) is 14.2. The van der Waals surface area contributed by atoms with Gasteiger partial charge in [-0.05, 0) is 38.1 Å². The molecule has 4 rings (SSSR count). The Morgan fingerprint density at radius 3 is 1.81 bits per heavy atom. The van der Waals surface area contributed by atoms with Crippen molar-refractivity contribution >= 4 is 23.2 Å². The molecule has 0 aliphatic carbocycles. The Balaban J connectivity index is 0.000000151. The van der Waals surface area contributed by atoms with E-state index in [2.05, 4.69) is 9.97 Å². The van der Waals surface area contributed by atoms with Crippen molar-refractivity contribution in [3.63, 3.8) is 0 Å². The second-order valence-electron chi connectivity index (χ2n) is 5.62. The van der Waals surface area contributed by atoms with Crippen LogP contribution in [0, 0.1) is 13.8 Å². The van der Waals surface area contributed by atoms with Gasteiger partial charge in [-0.1, -0.05) is 12.1 Å². The highest BCUT2D eigenvalue weighted by Crippen LogP contribution is 2.11. The normalized spacial score (nSPS) is 10.5. The van der Waals surface area contributed by atoms with E-state index in [1.165, 1.54) is 0 Å². The fraction of sp³-hybridized carbons (Fsp3) is 0.111. The van der Waals surface area contributed by atoms with Gasteiger partial charge in [-0.15, -0.1) is 0 Å². The van der Waals surface area contributed by atoms with Crippen LogP contribution in [0.15, 0.2) is 48.8 Å². The van der Waals surface area contributed by atoms with Crippen molar-refractivity contribution in [2.24, 2.45) is 5.73 Å². The number of fused-ring (bicyclic) bond motifs is 2. The summed E-state index contributed by atoms with van der Waals surface area (Å²) in [4.78, 5) is 30.2. The number of amides is 1. The van der Waals surface area contributed by atoms with Crippen LogP contribution in [0.3, 0.4) is 0 Å². The van der Waals surface area contributed by atoms with Crippen LogP contribution >= 0.6 is 0 Å². The van der Waals surface area contributed by atoms with E-state index >= 15 is 0 Å². The molecule has 0 aliphatic heterocycles. The van der Waals surface area contributed by atoms with E-state index in [1.54, 1.807) is 47.2 Å². The minimum atomic E-state index is -0.948. The second-order valence-corrected chi connectivity index (χ2v) is 5.62. The number of aromatic carboxylic acids is 1. The van der Waals surface area contributed by atoms with E-state index in [0.717, 1.165) is 5.65 Å². The van der Waals surface area contributed by atoms with Crippen LogP contribution in [0.25, 0.3) is 11.3 Å². The van der Waals surface area contributed by atoms with Gasteiger partial charge in [-0.3, -0.25) is 13.6 Å². The Morgan fingerprint density at radius 2 is 1.35 bits per heavy atom. The molecule has 4 aromatic rings. The molecule has 0 fully saturated rings. The van der Waals surface area contributed by atoms with E-state index < -0.39 is 11.9 Å². The van der Waals surface area contributed by atoms with Gasteiger partial charge in [0.2, 0.25) is 0 Å². The molecule has 0 aromatic carbocycles. The first kappa shape index (κ1) is 17.2. The molecule has 0 saturated heterocycles. The third kappa shape index (κ3) is 3.00. The summed E-state index contributed by atoms with van der Waals surface area (Å²) >= 11 is 0. The van der Waals surface area contributed by atoms with Crippen molar-refractivity contribution in [2.45, 2.75) is 13.8 Å². The largest absolute Gasteiger partial charge is 0.477 e. The summed E-state index contributed by atoms with van der Waals surface area (Å²) < 4.78 is 3.26. The number of hydrogen-bond acceptors (Lipinski definition) is 4. The molecule has 0 aliphatic rings. The Hall–Kier alpha value is -3.68. The van der Waals surface area contributed by atoms with Gasteiger partial charge < -0.3 is 10.8 Å². The number of nitrogens with zero attached hydrogens (tertiary/aromatic N) is 4. The average molecular weight is 351 g/mol. The fourth-order valence-corrected chi connectivity index (χ4v) is 2.78. The minimum absolute atomic E-state index is 0.232. The molecule has 26 heavy (non-hydrogen) atoms. The van der Waals surface area contributed by atoms with Crippen molar-refractivity contribution in [1.29, 1.82) is 0 Å². The van der Waals surface area contributed by atoms with Crippen LogP contribution in [0.2, 0.25) is 0 Å². The Kier molecular flexibility index (Phi) is 4.40. The van der Waals surface area contributed by atoms with Gasteiger partial charge in [0.05, 0.1) is 11.4 Å². The monoisotopic (exact) mass is 351 g/mol. The predicted molar refractivity (Wildman–Crippen MR) is 95.3 cm³/mol. The van der Waals surface area contributed by atoms with Gasteiger partial charge in [0.1, 0.15) is 17.0 Å². The molecule has 0 radical (unpaired) electrons. The number of carboxylic acid groups (broad SMARTS) is 1. The molecule has 3 N–H and O–H groups in total. The summed E-state index contributed by atoms with van der Waals surface area (Å²) in [6, 6.07) is 10.9. The van der Waals surface area contributed by atoms with Gasteiger partial charge >= 0.3 is 5.97 Å². The molecule has 4 aromatic heterocycles. The molecule has 0 atom stereocenters. The standard InChI is InChI=1S/C9H9N3O.C9H8N2O2/c1-6-8(9(10)13)12-5-3-2-4-7(12)11-6;1-6-8(9(12)13)11-5-3-2-4-7(11)10-6/h2-5H,1H3,(H2,10,13);2-5H,1H3,(H,12,13). The molecule has 0 spiro atoms. The van der Waals surface area contributed by atoms with E-state index in [1.807, 2.05) is 24.3 Å². The number of primary amides is 1. The smallest absolute Gasteiger partial charge is 0.354 e. The number of carbonyl (C=O) groups excluding carboxylic acids is 1. The van der Waals surface area contributed by atoms with Gasteiger partial charge in [0, 0.05) is 12.4 Å². The maximum atomic E-state index is 11.1. The van der Waals surface area contributed by atoms with Gasteiger partial charge in [0.25, 0.3) is 5.91 Å². The van der Waals surface area contributed by atoms with Crippen LogP contribution in [0.4, 0.5) is 0 Å². The molecule has 1 amide bonds. The van der Waals surface area contributed by atoms with Crippen LogP contribution < -0.4 is 5.73 Å². The van der Waals surface area contributed by atoms with Crippen LogP contribution in [0.1, 0.15) is 32.4 Å². The van der Waals surface area contributed by atoms with Gasteiger partial charge in [0.15, 0.2) is 5.69 Å². The number of rotatable bonds is 2. The minimum Gasteiger partial charge on any atom is -0.477 e. The van der Waals surface area contributed by atoms with Crippen LogP contribution in [-0.4, -0.2) is 35.8 Å². The highest BCUT2D eigenvalue weighted by atomic mass is 16.4. The zero-order chi connectivity index (χ0) is 18.8. The highest BCUT2D eigenvalue weighted by Gasteiger charge is 2.14. The molecule has 0 saturated carbocycles. The Morgan fingerprint density at radius 1 is 0.885 bits per heavy atom. The predicted octanol–water partition coefficient (Wildman–Crippen LogP) is 2.08. The highest BCUT2D eigenvalue weighted by molar-refractivity contribution is 5.93. The van der Waals surface area contributed by atoms with Crippen LogP contribution in [-0.2, 0) is 0 Å². The average Bonchev–Trinajstić information content (AvgIpc) is 3.10. The summed E-state index contributed by atoms with van der Waals surface area (Å²) in [6.45, 7) is 3.46. The number of aryl methyl sites for hydroxylation is 2. The third-order valence-corrected chi connectivity index (χ3v) is 3.84. The molecule has 0 bridgehead atoms. The Labute approximate surface area is 148 Å². The number of aromatic nitrogens is 4. The number of carbonyl (C=O) groups is 2. The summed E-state index contributed by atoms with van der Waals surface area (Å²) in [5.41, 5.74) is 8.53. The van der Waals surface area contributed by atoms with Crippen molar-refractivity contribution in [3.8, 4) is 0 Å². The molecule has 8 heteroatoms. The first-order valence-electron chi connectivity index (χ1n) is 7.80. The molecular weight excluding hydrogens is 334 g/mol. The molecule has 8 nitrogen and oxygen atoms in total. The quantitative estimate of drug-likeness (QED) is 0.574. The lowest BCUT2D eigenvalue weighted by molar-refractivity contribution is 0.0688. The van der Waals surface area contributed by atoms with E-state index in [-0.39, 0.29) is 5.69 Å². The number of imidazole rings is 2. The summed E-state index contributed by atoms with van der Waals surface area (Å²) in [6.07, 6.45) is 3.47. The summed E-state index contributed by atoms with van der Waals surface area (Å²) in [5, 5.41) is 8.89. The maximum Gasteiger partial charge on any atom is 0.354 e. The first-order valence-corrected chi connectivity index (χ1v) is 7.80. The van der Waals surface area contributed by atoms with Gasteiger partial charge in [-0.2, -0.15) is 0 Å².